The fourth-order valence-corrected chi connectivity index (χ4v) is 1.83. The molecule has 0 aliphatic rings. The van der Waals surface area contributed by atoms with Gasteiger partial charge in [-0.15, -0.1) is 5.10 Å². The van der Waals surface area contributed by atoms with Crippen LogP contribution in [0.2, 0.25) is 0 Å². The molecule has 2 aromatic heterocycles. The Hall–Kier alpha value is -2.67. The number of aromatic amines is 1. The maximum Gasteiger partial charge on any atom is 0.219 e. The van der Waals surface area contributed by atoms with Crippen LogP contribution >= 0.6 is 12.2 Å². The number of benzene rings is 1. The van der Waals surface area contributed by atoms with E-state index < -0.39 is 0 Å². The Labute approximate surface area is 119 Å². The maximum atomic E-state index is 9.23. The minimum absolute atomic E-state index is 0.207. The lowest BCUT2D eigenvalue weighted by Crippen LogP contribution is -1.94. The standard InChI is InChI=1S/C13H10N4O2S/c18-10-5-3-9(4-6-10)8-14-17-12(15-16-13(17)20)11-2-1-7-19-11/h1-8,18H,(H,16,20)/b14-8+. The molecule has 100 valence electrons. The average molecular weight is 286 g/mol. The van der Waals surface area contributed by atoms with Crippen LogP contribution in [0.25, 0.3) is 11.6 Å². The van der Waals surface area contributed by atoms with Crippen molar-refractivity contribution in [1.29, 1.82) is 0 Å². The van der Waals surface area contributed by atoms with Crippen LogP contribution in [0.1, 0.15) is 5.56 Å². The van der Waals surface area contributed by atoms with Crippen molar-refractivity contribution in [2.75, 3.05) is 0 Å². The highest BCUT2D eigenvalue weighted by molar-refractivity contribution is 7.71. The molecule has 3 rings (SSSR count). The number of aromatic nitrogens is 3. The summed E-state index contributed by atoms with van der Waals surface area (Å²) in [7, 11) is 0. The zero-order chi connectivity index (χ0) is 13.9. The van der Waals surface area contributed by atoms with Gasteiger partial charge in [-0.2, -0.15) is 9.78 Å². The first-order chi connectivity index (χ1) is 9.74. The number of phenolic OH excluding ortho intramolecular Hbond substituents is 1. The molecule has 6 nitrogen and oxygen atoms in total. The Balaban J connectivity index is 1.97. The number of hydrogen-bond acceptors (Lipinski definition) is 5. The van der Waals surface area contributed by atoms with Crippen molar-refractivity contribution >= 4 is 18.4 Å². The molecule has 20 heavy (non-hydrogen) atoms. The second-order valence-corrected chi connectivity index (χ2v) is 4.36. The molecule has 2 N–H and O–H groups in total. The number of aromatic hydroxyl groups is 1. The molecular formula is C13H10N4O2S. The third kappa shape index (κ3) is 2.39. The molecule has 0 radical (unpaired) electrons. The van der Waals surface area contributed by atoms with E-state index in [2.05, 4.69) is 15.3 Å². The highest BCUT2D eigenvalue weighted by Crippen LogP contribution is 2.17. The SMILES string of the molecule is Oc1ccc(/C=N/n2c(-c3ccco3)n[nH]c2=S)cc1. The summed E-state index contributed by atoms with van der Waals surface area (Å²) in [5.41, 5.74) is 0.830. The Morgan fingerprint density at radius 2 is 2.10 bits per heavy atom. The van der Waals surface area contributed by atoms with Gasteiger partial charge in [0.25, 0.3) is 0 Å². The molecule has 0 atom stereocenters. The predicted molar refractivity (Wildman–Crippen MR) is 76.2 cm³/mol. The number of rotatable bonds is 3. The van der Waals surface area contributed by atoms with Crippen LogP contribution in [0.4, 0.5) is 0 Å². The minimum atomic E-state index is 0.207. The molecule has 0 aliphatic carbocycles. The summed E-state index contributed by atoms with van der Waals surface area (Å²) in [5, 5.41) is 20.3. The lowest BCUT2D eigenvalue weighted by Gasteiger charge is -1.97. The van der Waals surface area contributed by atoms with Crippen molar-refractivity contribution in [3.05, 3.63) is 53.0 Å². The first-order valence-electron chi connectivity index (χ1n) is 5.79. The monoisotopic (exact) mass is 286 g/mol. The van der Waals surface area contributed by atoms with Gasteiger partial charge in [0, 0.05) is 0 Å². The molecule has 1 aromatic carbocycles. The quantitative estimate of drug-likeness (QED) is 0.573. The van der Waals surface area contributed by atoms with Gasteiger partial charge in [0.1, 0.15) is 5.75 Å². The lowest BCUT2D eigenvalue weighted by molar-refractivity contribution is 0.475. The van der Waals surface area contributed by atoms with E-state index in [0.717, 1.165) is 5.56 Å². The molecule has 0 unspecified atom stereocenters. The molecule has 0 aliphatic heterocycles. The molecule has 2 heterocycles. The predicted octanol–water partition coefficient (Wildman–Crippen LogP) is 2.79. The van der Waals surface area contributed by atoms with Crippen molar-refractivity contribution in [2.24, 2.45) is 5.10 Å². The van der Waals surface area contributed by atoms with Crippen LogP contribution in [-0.2, 0) is 0 Å². The maximum absolute atomic E-state index is 9.23. The molecule has 7 heteroatoms. The highest BCUT2D eigenvalue weighted by Gasteiger charge is 2.10. The van der Waals surface area contributed by atoms with Gasteiger partial charge in [0.15, 0.2) is 5.76 Å². The molecule has 0 spiro atoms. The van der Waals surface area contributed by atoms with E-state index in [1.54, 1.807) is 48.9 Å². The molecular weight excluding hydrogens is 276 g/mol. The van der Waals surface area contributed by atoms with Crippen LogP contribution in [0.3, 0.4) is 0 Å². The van der Waals surface area contributed by atoms with E-state index in [-0.39, 0.29) is 5.75 Å². The highest BCUT2D eigenvalue weighted by atomic mass is 32.1. The largest absolute Gasteiger partial charge is 0.508 e. The number of furan rings is 1. The average Bonchev–Trinajstić information content (AvgIpc) is 3.08. The van der Waals surface area contributed by atoms with Crippen LogP contribution < -0.4 is 0 Å². The summed E-state index contributed by atoms with van der Waals surface area (Å²) in [4.78, 5) is 0. The lowest BCUT2D eigenvalue weighted by atomic mass is 10.2. The van der Waals surface area contributed by atoms with Gasteiger partial charge in [-0.05, 0) is 54.2 Å². The van der Waals surface area contributed by atoms with E-state index in [1.807, 2.05) is 0 Å². The van der Waals surface area contributed by atoms with Crippen LogP contribution in [-0.4, -0.2) is 26.2 Å². The van der Waals surface area contributed by atoms with Gasteiger partial charge < -0.3 is 9.52 Å². The molecule has 0 fully saturated rings. The third-order valence-corrected chi connectivity index (χ3v) is 2.87. The van der Waals surface area contributed by atoms with Gasteiger partial charge in [0.05, 0.1) is 12.5 Å². The summed E-state index contributed by atoms with van der Waals surface area (Å²) in [6, 6.07) is 10.2. The van der Waals surface area contributed by atoms with E-state index >= 15 is 0 Å². The number of nitrogens with one attached hydrogen (secondary N) is 1. The second-order valence-electron chi connectivity index (χ2n) is 3.98. The smallest absolute Gasteiger partial charge is 0.219 e. The first kappa shape index (κ1) is 12.4. The topological polar surface area (TPSA) is 79.3 Å². The van der Waals surface area contributed by atoms with Crippen LogP contribution in [0.5, 0.6) is 5.75 Å². The van der Waals surface area contributed by atoms with E-state index in [0.29, 0.717) is 16.4 Å². The number of nitrogens with zero attached hydrogens (tertiary/aromatic N) is 3. The Morgan fingerprint density at radius 3 is 2.80 bits per heavy atom. The number of hydrogen-bond donors (Lipinski definition) is 2. The Morgan fingerprint density at radius 1 is 1.30 bits per heavy atom. The number of H-pyrrole nitrogens is 1. The third-order valence-electron chi connectivity index (χ3n) is 2.61. The van der Waals surface area contributed by atoms with Gasteiger partial charge in [0.2, 0.25) is 10.6 Å². The van der Waals surface area contributed by atoms with Crippen LogP contribution in [0, 0.1) is 4.77 Å². The van der Waals surface area contributed by atoms with E-state index in [9.17, 15) is 5.11 Å². The molecule has 0 bridgehead atoms. The second kappa shape index (κ2) is 5.14. The molecule has 0 saturated carbocycles. The first-order valence-corrected chi connectivity index (χ1v) is 6.19. The van der Waals surface area contributed by atoms with Crippen LogP contribution in [0.15, 0.2) is 52.2 Å². The Kier molecular flexibility index (Phi) is 3.18. The number of phenols is 1. The molecule has 3 aromatic rings. The molecule has 0 amide bonds. The van der Waals surface area contributed by atoms with Gasteiger partial charge in [-0.3, -0.25) is 0 Å². The summed E-state index contributed by atoms with van der Waals surface area (Å²) >= 11 is 5.13. The molecule has 0 saturated heterocycles. The van der Waals surface area contributed by atoms with E-state index in [1.165, 1.54) is 4.68 Å². The fourth-order valence-electron chi connectivity index (χ4n) is 1.65. The van der Waals surface area contributed by atoms with Crippen molar-refractivity contribution in [1.82, 2.24) is 14.9 Å². The van der Waals surface area contributed by atoms with Crippen molar-refractivity contribution in [3.63, 3.8) is 0 Å². The summed E-state index contributed by atoms with van der Waals surface area (Å²) in [5.74, 6) is 1.27. The summed E-state index contributed by atoms with van der Waals surface area (Å²) in [6.07, 6.45) is 3.18. The van der Waals surface area contributed by atoms with Crippen molar-refractivity contribution in [3.8, 4) is 17.3 Å². The van der Waals surface area contributed by atoms with Gasteiger partial charge in [-0.1, -0.05) is 0 Å². The van der Waals surface area contributed by atoms with Gasteiger partial charge >= 0.3 is 0 Å². The van der Waals surface area contributed by atoms with Gasteiger partial charge in [-0.25, -0.2) is 5.10 Å². The van der Waals surface area contributed by atoms with Crippen molar-refractivity contribution in [2.45, 2.75) is 0 Å². The Bertz CT molecular complexity index is 785. The minimum Gasteiger partial charge on any atom is -0.508 e. The summed E-state index contributed by atoms with van der Waals surface area (Å²) in [6.45, 7) is 0. The zero-order valence-electron chi connectivity index (χ0n) is 10.2. The summed E-state index contributed by atoms with van der Waals surface area (Å²) < 4.78 is 7.13. The van der Waals surface area contributed by atoms with E-state index in [4.69, 9.17) is 16.6 Å². The van der Waals surface area contributed by atoms with Crippen molar-refractivity contribution < 1.29 is 9.52 Å². The fraction of sp³-hybridized carbons (Fsp3) is 0. The normalized spacial score (nSPS) is 11.2. The zero-order valence-corrected chi connectivity index (χ0v) is 11.0.